The number of nitrogens with zero attached hydrogens (tertiary/aromatic N) is 2. The van der Waals surface area contributed by atoms with Gasteiger partial charge in [0.2, 0.25) is 0 Å². The highest BCUT2D eigenvalue weighted by molar-refractivity contribution is 14.1. The van der Waals surface area contributed by atoms with Crippen LogP contribution in [0.15, 0.2) is 48.7 Å². The monoisotopic (exact) mass is 463 g/mol. The Kier molecular flexibility index (Phi) is 5.41. The molecule has 1 aromatic heterocycles. The van der Waals surface area contributed by atoms with Gasteiger partial charge in [0.15, 0.2) is 0 Å². The molecule has 1 N–H and O–H groups in total. The summed E-state index contributed by atoms with van der Waals surface area (Å²) in [6.45, 7) is 5.85. The molecule has 1 atom stereocenters. The fourth-order valence-corrected chi connectivity index (χ4v) is 3.47. The molecular weight excluding hydrogens is 444 g/mol. The zero-order chi connectivity index (χ0) is 18.8. The first-order valence-electron chi connectivity index (χ1n) is 8.25. The summed E-state index contributed by atoms with van der Waals surface area (Å²) in [4.78, 5) is 12.6. The van der Waals surface area contributed by atoms with Crippen molar-refractivity contribution in [2.24, 2.45) is 0 Å². The first-order valence-corrected chi connectivity index (χ1v) is 9.33. The predicted octanol–water partition coefficient (Wildman–Crippen LogP) is 4.72. The standard InChI is InChI=1S/C20H19FIN3O/c1-12-5-4-6-17(19(12)22)20(26)24-13(2)18-11-23-25(14(18)3)16-9-7-15(21)8-10-16/h4-11,13H,1-3H3,(H,24,26). The van der Waals surface area contributed by atoms with Crippen molar-refractivity contribution < 1.29 is 9.18 Å². The van der Waals surface area contributed by atoms with Crippen LogP contribution in [0.2, 0.25) is 0 Å². The number of halogens is 2. The summed E-state index contributed by atoms with van der Waals surface area (Å²) >= 11 is 2.19. The van der Waals surface area contributed by atoms with Crippen molar-refractivity contribution in [1.29, 1.82) is 0 Å². The molecule has 2 aromatic carbocycles. The Morgan fingerprint density at radius 2 is 1.88 bits per heavy atom. The average molecular weight is 463 g/mol. The Balaban J connectivity index is 1.82. The van der Waals surface area contributed by atoms with Crippen LogP contribution in [0.3, 0.4) is 0 Å². The number of hydrogen-bond acceptors (Lipinski definition) is 2. The molecule has 0 radical (unpaired) electrons. The second kappa shape index (κ2) is 7.57. The number of carbonyl (C=O) groups excluding carboxylic acids is 1. The number of benzene rings is 2. The lowest BCUT2D eigenvalue weighted by Gasteiger charge is -2.15. The van der Waals surface area contributed by atoms with E-state index in [9.17, 15) is 9.18 Å². The second-order valence-corrected chi connectivity index (χ2v) is 7.28. The molecule has 1 unspecified atom stereocenters. The van der Waals surface area contributed by atoms with Crippen LogP contribution in [0, 0.1) is 23.2 Å². The summed E-state index contributed by atoms with van der Waals surface area (Å²) in [6, 6.07) is 11.7. The van der Waals surface area contributed by atoms with Crippen molar-refractivity contribution in [3.05, 3.63) is 80.4 Å². The van der Waals surface area contributed by atoms with Gasteiger partial charge < -0.3 is 5.32 Å². The van der Waals surface area contributed by atoms with Gasteiger partial charge in [-0.1, -0.05) is 12.1 Å². The number of aryl methyl sites for hydroxylation is 1. The zero-order valence-corrected chi connectivity index (χ0v) is 16.9. The molecule has 3 rings (SSSR count). The van der Waals surface area contributed by atoms with E-state index < -0.39 is 0 Å². The summed E-state index contributed by atoms with van der Waals surface area (Å²) < 4.78 is 15.8. The van der Waals surface area contributed by atoms with Gasteiger partial charge in [-0.3, -0.25) is 4.79 Å². The second-order valence-electron chi connectivity index (χ2n) is 6.21. The number of rotatable bonds is 4. The maximum Gasteiger partial charge on any atom is 0.252 e. The van der Waals surface area contributed by atoms with E-state index in [1.165, 1.54) is 12.1 Å². The summed E-state index contributed by atoms with van der Waals surface area (Å²) in [5.74, 6) is -0.397. The van der Waals surface area contributed by atoms with E-state index in [1.807, 2.05) is 39.0 Å². The average Bonchev–Trinajstić information content (AvgIpc) is 2.99. The molecule has 26 heavy (non-hydrogen) atoms. The molecule has 0 aliphatic rings. The Hall–Kier alpha value is -2.22. The predicted molar refractivity (Wildman–Crippen MR) is 108 cm³/mol. The fraction of sp³-hybridized carbons (Fsp3) is 0.200. The van der Waals surface area contributed by atoms with Crippen LogP contribution in [-0.2, 0) is 0 Å². The van der Waals surface area contributed by atoms with Gasteiger partial charge in [-0.25, -0.2) is 9.07 Å². The van der Waals surface area contributed by atoms with Crippen molar-refractivity contribution in [2.45, 2.75) is 26.8 Å². The molecule has 0 bridgehead atoms. The van der Waals surface area contributed by atoms with Gasteiger partial charge in [0, 0.05) is 14.8 Å². The van der Waals surface area contributed by atoms with E-state index in [2.05, 4.69) is 33.0 Å². The Morgan fingerprint density at radius 1 is 1.19 bits per heavy atom. The molecule has 0 aliphatic carbocycles. The lowest BCUT2D eigenvalue weighted by molar-refractivity contribution is 0.0939. The van der Waals surface area contributed by atoms with Crippen molar-refractivity contribution in [3.63, 3.8) is 0 Å². The number of aromatic nitrogens is 2. The molecule has 1 amide bonds. The Labute approximate surface area is 165 Å². The maximum absolute atomic E-state index is 13.1. The molecule has 6 heteroatoms. The van der Waals surface area contributed by atoms with Gasteiger partial charge in [0.25, 0.3) is 5.91 Å². The molecule has 4 nitrogen and oxygen atoms in total. The van der Waals surface area contributed by atoms with Crippen molar-refractivity contribution in [3.8, 4) is 5.69 Å². The molecule has 0 fully saturated rings. The molecule has 3 aromatic rings. The van der Waals surface area contributed by atoms with Gasteiger partial charge in [-0.05, 0) is 79.3 Å². The van der Waals surface area contributed by atoms with Crippen LogP contribution in [0.4, 0.5) is 4.39 Å². The SMILES string of the molecule is Cc1cccc(C(=O)NC(C)c2cnn(-c3ccc(F)cc3)c2C)c1I. The third kappa shape index (κ3) is 3.65. The summed E-state index contributed by atoms with van der Waals surface area (Å²) in [7, 11) is 0. The quantitative estimate of drug-likeness (QED) is 0.570. The van der Waals surface area contributed by atoms with E-state index in [0.717, 1.165) is 26.1 Å². The van der Waals surface area contributed by atoms with Gasteiger partial charge in [-0.2, -0.15) is 5.10 Å². The lowest BCUT2D eigenvalue weighted by atomic mass is 10.1. The third-order valence-corrected chi connectivity index (χ3v) is 5.80. The van der Waals surface area contributed by atoms with Crippen LogP contribution in [-0.4, -0.2) is 15.7 Å². The van der Waals surface area contributed by atoms with Crippen molar-refractivity contribution in [1.82, 2.24) is 15.1 Å². The fourth-order valence-electron chi connectivity index (χ4n) is 2.86. The number of nitrogens with one attached hydrogen (secondary N) is 1. The highest BCUT2D eigenvalue weighted by atomic mass is 127. The van der Waals surface area contributed by atoms with Crippen molar-refractivity contribution >= 4 is 28.5 Å². The first-order chi connectivity index (χ1) is 12.4. The minimum Gasteiger partial charge on any atom is -0.345 e. The first kappa shape index (κ1) is 18.6. The van der Waals surface area contributed by atoms with Gasteiger partial charge in [0.05, 0.1) is 23.5 Å². The Bertz CT molecular complexity index is 950. The molecule has 1 heterocycles. The zero-order valence-electron chi connectivity index (χ0n) is 14.8. The smallest absolute Gasteiger partial charge is 0.252 e. The molecule has 0 saturated heterocycles. The molecule has 0 spiro atoms. The topological polar surface area (TPSA) is 46.9 Å². The van der Waals surface area contributed by atoms with E-state index in [4.69, 9.17) is 0 Å². The highest BCUT2D eigenvalue weighted by Gasteiger charge is 2.18. The van der Waals surface area contributed by atoms with E-state index >= 15 is 0 Å². The number of amides is 1. The molecule has 0 aliphatic heterocycles. The summed E-state index contributed by atoms with van der Waals surface area (Å²) in [5, 5.41) is 7.43. The van der Waals surface area contributed by atoms with Crippen molar-refractivity contribution in [2.75, 3.05) is 0 Å². The minimum atomic E-state index is -0.285. The van der Waals surface area contributed by atoms with E-state index in [0.29, 0.717) is 5.56 Å². The molecule has 134 valence electrons. The third-order valence-electron chi connectivity index (χ3n) is 4.37. The van der Waals surface area contributed by atoms with Crippen LogP contribution >= 0.6 is 22.6 Å². The number of hydrogen-bond donors (Lipinski definition) is 1. The van der Waals surface area contributed by atoms with Crippen LogP contribution < -0.4 is 5.32 Å². The lowest BCUT2D eigenvalue weighted by Crippen LogP contribution is -2.27. The van der Waals surface area contributed by atoms with Crippen LogP contribution in [0.1, 0.15) is 40.1 Å². The normalized spacial score (nSPS) is 12.0. The number of carbonyl (C=O) groups is 1. The molecule has 0 saturated carbocycles. The summed E-state index contributed by atoms with van der Waals surface area (Å²) in [6.07, 6.45) is 1.74. The highest BCUT2D eigenvalue weighted by Crippen LogP contribution is 2.22. The van der Waals surface area contributed by atoms with Crippen LogP contribution in [0.5, 0.6) is 0 Å². The Morgan fingerprint density at radius 3 is 2.58 bits per heavy atom. The van der Waals surface area contributed by atoms with Gasteiger partial charge in [0.1, 0.15) is 5.82 Å². The largest absolute Gasteiger partial charge is 0.345 e. The van der Waals surface area contributed by atoms with E-state index in [-0.39, 0.29) is 17.8 Å². The minimum absolute atomic E-state index is 0.112. The van der Waals surface area contributed by atoms with Crippen LogP contribution in [0.25, 0.3) is 5.69 Å². The van der Waals surface area contributed by atoms with Gasteiger partial charge in [-0.15, -0.1) is 0 Å². The summed E-state index contributed by atoms with van der Waals surface area (Å²) in [5.41, 5.74) is 4.35. The van der Waals surface area contributed by atoms with Gasteiger partial charge >= 0.3 is 0 Å². The molecular formula is C20H19FIN3O. The van der Waals surface area contributed by atoms with E-state index in [1.54, 1.807) is 23.0 Å². The maximum atomic E-state index is 13.1.